The van der Waals surface area contributed by atoms with Gasteiger partial charge < -0.3 is 11.1 Å². The van der Waals surface area contributed by atoms with Crippen molar-refractivity contribution in [3.63, 3.8) is 0 Å². The summed E-state index contributed by atoms with van der Waals surface area (Å²) >= 11 is 1.19. The van der Waals surface area contributed by atoms with Crippen LogP contribution >= 0.6 is 11.3 Å². The zero-order chi connectivity index (χ0) is 13.1. The molecule has 94 valence electrons. The summed E-state index contributed by atoms with van der Waals surface area (Å²) in [7, 11) is 0. The zero-order valence-electron chi connectivity index (χ0n) is 9.42. The van der Waals surface area contributed by atoms with Crippen LogP contribution in [-0.2, 0) is 0 Å². The van der Waals surface area contributed by atoms with E-state index in [0.717, 1.165) is 12.3 Å². The summed E-state index contributed by atoms with van der Waals surface area (Å²) in [4.78, 5) is 15.4. The van der Waals surface area contributed by atoms with Crippen molar-refractivity contribution in [2.24, 2.45) is 0 Å². The average molecular weight is 267 g/mol. The van der Waals surface area contributed by atoms with Gasteiger partial charge in [0.25, 0.3) is 5.91 Å². The van der Waals surface area contributed by atoms with E-state index in [9.17, 15) is 9.18 Å². The minimum Gasteiger partial charge on any atom is -0.374 e. The molecule has 0 aliphatic heterocycles. The number of nitrogens with one attached hydrogen (secondary N) is 1. The molecule has 3 N–H and O–H groups in total. The maximum atomic E-state index is 12.9. The molecule has 2 aromatic rings. The van der Waals surface area contributed by atoms with Gasteiger partial charge in [-0.3, -0.25) is 9.78 Å². The Bertz CT molecular complexity index is 573. The average Bonchev–Trinajstić information content (AvgIpc) is 2.76. The summed E-state index contributed by atoms with van der Waals surface area (Å²) in [5.41, 5.74) is 5.60. The lowest BCUT2D eigenvalue weighted by Gasteiger charge is -2.10. The van der Waals surface area contributed by atoms with Crippen molar-refractivity contribution in [2.75, 3.05) is 5.73 Å². The highest BCUT2D eigenvalue weighted by molar-refractivity contribution is 7.15. The Hall–Kier alpha value is -2.09. The molecular weight excluding hydrogens is 257 g/mol. The molecule has 1 unspecified atom stereocenters. The third-order valence-corrected chi connectivity index (χ3v) is 3.08. The lowest BCUT2D eigenvalue weighted by Crippen LogP contribution is -2.26. The van der Waals surface area contributed by atoms with Gasteiger partial charge in [0, 0.05) is 6.20 Å². The first-order chi connectivity index (χ1) is 8.56. The number of carbonyl (C=O) groups excluding carboxylic acids is 1. The van der Waals surface area contributed by atoms with Crippen LogP contribution in [0, 0.1) is 5.82 Å². The first-order valence-electron chi connectivity index (χ1n) is 5.06. The fraction of sp³-hybridized carbons (Fsp3) is 0.200. The SMILES string of the molecule is CC(NC(=O)c1cncc(F)c1)c1nnc(N)s1. The molecule has 2 rings (SSSR count). The smallest absolute Gasteiger partial charge is 0.253 e. The second-order valence-electron chi connectivity index (χ2n) is 3.57. The number of nitrogens with two attached hydrogens (primary N) is 1. The third kappa shape index (κ3) is 2.77. The van der Waals surface area contributed by atoms with Crippen LogP contribution in [0.15, 0.2) is 18.5 Å². The van der Waals surface area contributed by atoms with Crippen LogP contribution in [-0.4, -0.2) is 21.1 Å². The van der Waals surface area contributed by atoms with Crippen molar-refractivity contribution in [1.82, 2.24) is 20.5 Å². The molecule has 0 aliphatic carbocycles. The van der Waals surface area contributed by atoms with Gasteiger partial charge in [0.1, 0.15) is 10.8 Å². The highest BCUT2D eigenvalue weighted by Gasteiger charge is 2.15. The predicted octanol–water partition coefficient (Wildman–Crippen LogP) is 1.15. The van der Waals surface area contributed by atoms with E-state index in [4.69, 9.17) is 5.73 Å². The fourth-order valence-corrected chi connectivity index (χ4v) is 1.91. The molecule has 0 spiro atoms. The van der Waals surface area contributed by atoms with Gasteiger partial charge in [0.2, 0.25) is 5.13 Å². The van der Waals surface area contributed by atoms with Crippen molar-refractivity contribution in [1.29, 1.82) is 0 Å². The van der Waals surface area contributed by atoms with E-state index in [2.05, 4.69) is 20.5 Å². The number of rotatable bonds is 3. The van der Waals surface area contributed by atoms with Gasteiger partial charge in [-0.05, 0) is 13.0 Å². The summed E-state index contributed by atoms with van der Waals surface area (Å²) < 4.78 is 12.9. The quantitative estimate of drug-likeness (QED) is 0.869. The van der Waals surface area contributed by atoms with Crippen LogP contribution in [0.25, 0.3) is 0 Å². The summed E-state index contributed by atoms with van der Waals surface area (Å²) in [5.74, 6) is -0.987. The molecule has 8 heteroatoms. The predicted molar refractivity (Wildman–Crippen MR) is 64.4 cm³/mol. The fourth-order valence-electron chi connectivity index (χ4n) is 1.30. The molecule has 1 amide bonds. The van der Waals surface area contributed by atoms with Crippen LogP contribution in [0.5, 0.6) is 0 Å². The standard InChI is InChI=1S/C10H10FN5OS/c1-5(9-15-16-10(12)18-9)14-8(17)6-2-7(11)4-13-3-6/h2-5H,1H3,(H2,12,16)(H,14,17). The molecular formula is C10H10FN5OS. The summed E-state index contributed by atoms with van der Waals surface area (Å²) in [5, 5.41) is 11.1. The number of pyridine rings is 1. The second kappa shape index (κ2) is 5.05. The maximum Gasteiger partial charge on any atom is 0.253 e. The van der Waals surface area contributed by atoms with E-state index >= 15 is 0 Å². The molecule has 0 saturated carbocycles. The Balaban J connectivity index is 2.08. The first-order valence-corrected chi connectivity index (χ1v) is 5.88. The third-order valence-electron chi connectivity index (χ3n) is 2.14. The Morgan fingerprint density at radius 3 is 2.89 bits per heavy atom. The number of hydrogen-bond acceptors (Lipinski definition) is 6. The minimum absolute atomic E-state index is 0.152. The van der Waals surface area contributed by atoms with Gasteiger partial charge in [-0.15, -0.1) is 10.2 Å². The number of hydrogen-bond donors (Lipinski definition) is 2. The Labute approximate surface area is 106 Å². The van der Waals surface area contributed by atoms with Crippen LogP contribution < -0.4 is 11.1 Å². The molecule has 0 radical (unpaired) electrons. The minimum atomic E-state index is -0.560. The van der Waals surface area contributed by atoms with E-state index in [-0.39, 0.29) is 11.6 Å². The monoisotopic (exact) mass is 267 g/mol. The number of anilines is 1. The number of amides is 1. The van der Waals surface area contributed by atoms with Crippen LogP contribution in [0.2, 0.25) is 0 Å². The molecule has 1 atom stereocenters. The van der Waals surface area contributed by atoms with E-state index in [1.165, 1.54) is 17.5 Å². The van der Waals surface area contributed by atoms with Crippen LogP contribution in [0.4, 0.5) is 9.52 Å². The van der Waals surface area contributed by atoms with Gasteiger partial charge in [0.15, 0.2) is 0 Å². The number of aromatic nitrogens is 3. The van der Waals surface area contributed by atoms with Crippen molar-refractivity contribution in [2.45, 2.75) is 13.0 Å². The second-order valence-corrected chi connectivity index (χ2v) is 4.61. The number of nitrogens with zero attached hydrogens (tertiary/aromatic N) is 3. The van der Waals surface area contributed by atoms with Crippen LogP contribution in [0.1, 0.15) is 28.3 Å². The zero-order valence-corrected chi connectivity index (χ0v) is 10.2. The molecule has 0 bridgehead atoms. The van der Waals surface area contributed by atoms with Crippen molar-refractivity contribution >= 4 is 22.4 Å². The highest BCUT2D eigenvalue weighted by atomic mass is 32.1. The summed E-state index contributed by atoms with van der Waals surface area (Å²) in [6, 6.07) is 0.763. The lowest BCUT2D eigenvalue weighted by atomic mass is 10.2. The van der Waals surface area contributed by atoms with Gasteiger partial charge in [-0.25, -0.2) is 4.39 Å². The van der Waals surface area contributed by atoms with Gasteiger partial charge >= 0.3 is 0 Å². The largest absolute Gasteiger partial charge is 0.374 e. The summed E-state index contributed by atoms with van der Waals surface area (Å²) in [6.07, 6.45) is 2.32. The Morgan fingerprint density at radius 1 is 1.50 bits per heavy atom. The van der Waals surface area contributed by atoms with Crippen LogP contribution in [0.3, 0.4) is 0 Å². The van der Waals surface area contributed by atoms with Crippen molar-refractivity contribution in [3.8, 4) is 0 Å². The Morgan fingerprint density at radius 2 is 2.28 bits per heavy atom. The normalized spacial score (nSPS) is 12.1. The molecule has 6 nitrogen and oxygen atoms in total. The van der Waals surface area contributed by atoms with Crippen molar-refractivity contribution < 1.29 is 9.18 Å². The lowest BCUT2D eigenvalue weighted by molar-refractivity contribution is 0.0939. The number of halogens is 1. The Kier molecular flexibility index (Phi) is 3.47. The topological polar surface area (TPSA) is 93.8 Å². The van der Waals surface area contributed by atoms with E-state index in [1.54, 1.807) is 6.92 Å². The molecule has 0 aromatic carbocycles. The molecule has 0 saturated heterocycles. The first kappa shape index (κ1) is 12.4. The van der Waals surface area contributed by atoms with Gasteiger partial charge in [-0.1, -0.05) is 11.3 Å². The highest BCUT2D eigenvalue weighted by Crippen LogP contribution is 2.19. The molecule has 2 aromatic heterocycles. The van der Waals surface area contributed by atoms with Gasteiger partial charge in [0.05, 0.1) is 17.8 Å². The molecule has 18 heavy (non-hydrogen) atoms. The van der Waals surface area contributed by atoms with E-state index < -0.39 is 11.7 Å². The maximum absolute atomic E-state index is 12.9. The number of carbonyl (C=O) groups is 1. The molecule has 0 fully saturated rings. The molecule has 0 aliphatic rings. The van der Waals surface area contributed by atoms with Gasteiger partial charge in [-0.2, -0.15) is 0 Å². The van der Waals surface area contributed by atoms with E-state index in [0.29, 0.717) is 10.1 Å². The van der Waals surface area contributed by atoms with Crippen molar-refractivity contribution in [3.05, 3.63) is 34.8 Å². The molecule has 2 heterocycles. The summed E-state index contributed by atoms with van der Waals surface area (Å²) in [6.45, 7) is 1.74. The van der Waals surface area contributed by atoms with E-state index in [1.807, 2.05) is 0 Å². The number of nitrogen functional groups attached to an aromatic ring is 1.